The Morgan fingerprint density at radius 3 is 2.29 bits per heavy atom. The number of rotatable bonds is 5. The number of hydrogen-bond donors (Lipinski definition) is 2. The first-order chi connectivity index (χ1) is 7.71. The molecule has 5 nitrogen and oxygen atoms in total. The highest BCUT2D eigenvalue weighted by Gasteiger charge is 2.37. The van der Waals surface area contributed by atoms with E-state index in [1.807, 2.05) is 14.1 Å². The molecule has 6 heteroatoms. The molecule has 1 fully saturated rings. The van der Waals surface area contributed by atoms with Gasteiger partial charge in [0.2, 0.25) is 0 Å². The third-order valence-electron chi connectivity index (χ3n) is 3.12. The normalized spacial score (nSPS) is 30.1. The van der Waals surface area contributed by atoms with Gasteiger partial charge in [0.15, 0.2) is 9.84 Å². The molecule has 0 radical (unpaired) electrons. The van der Waals surface area contributed by atoms with Gasteiger partial charge in [0.1, 0.15) is 0 Å². The summed E-state index contributed by atoms with van der Waals surface area (Å²) >= 11 is 0. The van der Waals surface area contributed by atoms with Crippen molar-refractivity contribution < 1.29 is 13.5 Å². The molecule has 3 unspecified atom stereocenters. The summed E-state index contributed by atoms with van der Waals surface area (Å²) in [4.78, 5) is 2.06. The molecule has 1 aliphatic heterocycles. The topological polar surface area (TPSA) is 69.6 Å². The predicted molar refractivity (Wildman–Crippen MR) is 68.8 cm³/mol. The Labute approximate surface area is 104 Å². The molecule has 0 saturated carbocycles. The number of aliphatic hydroxyl groups is 1. The van der Waals surface area contributed by atoms with Gasteiger partial charge in [-0.05, 0) is 20.0 Å². The first-order valence-electron chi connectivity index (χ1n) is 6.00. The number of hydrogen-bond acceptors (Lipinski definition) is 5. The minimum absolute atomic E-state index is 0.0464. The van der Waals surface area contributed by atoms with Crippen LogP contribution in [0.2, 0.25) is 0 Å². The van der Waals surface area contributed by atoms with Crippen LogP contribution in [0, 0.1) is 5.92 Å². The number of nitrogens with one attached hydrogen (secondary N) is 1. The lowest BCUT2D eigenvalue weighted by molar-refractivity contribution is 0.147. The fourth-order valence-corrected chi connectivity index (χ4v) is 3.87. The second-order valence-electron chi connectivity index (χ2n) is 5.53. The molecule has 0 bridgehead atoms. The first-order valence-corrected chi connectivity index (χ1v) is 7.82. The van der Waals surface area contributed by atoms with Crippen LogP contribution in [0.4, 0.5) is 0 Å². The van der Waals surface area contributed by atoms with Crippen LogP contribution in [0.25, 0.3) is 0 Å². The minimum Gasteiger partial charge on any atom is -0.390 e. The third kappa shape index (κ3) is 4.54. The highest BCUT2D eigenvalue weighted by Crippen LogP contribution is 2.15. The van der Waals surface area contributed by atoms with Gasteiger partial charge in [-0.3, -0.25) is 0 Å². The number of aliphatic hydroxyl groups excluding tert-OH is 1. The fourth-order valence-electron chi connectivity index (χ4n) is 2.11. The van der Waals surface area contributed by atoms with Crippen molar-refractivity contribution in [2.45, 2.75) is 32.0 Å². The van der Waals surface area contributed by atoms with E-state index in [-0.39, 0.29) is 23.6 Å². The monoisotopic (exact) mass is 264 g/mol. The van der Waals surface area contributed by atoms with Crippen molar-refractivity contribution in [1.82, 2.24) is 10.2 Å². The van der Waals surface area contributed by atoms with E-state index >= 15 is 0 Å². The van der Waals surface area contributed by atoms with Gasteiger partial charge in [0.05, 0.1) is 17.6 Å². The SMILES string of the molecule is CC(C)C(CN(C)C)NC1CS(=O)(=O)CC1O. The average Bonchev–Trinajstić information content (AvgIpc) is 2.37. The van der Waals surface area contributed by atoms with Gasteiger partial charge >= 0.3 is 0 Å². The van der Waals surface area contributed by atoms with Gasteiger partial charge in [0, 0.05) is 18.6 Å². The Bertz CT molecular complexity index is 341. The zero-order chi connectivity index (χ0) is 13.2. The van der Waals surface area contributed by atoms with Crippen LogP contribution < -0.4 is 5.32 Å². The summed E-state index contributed by atoms with van der Waals surface area (Å²) in [5.41, 5.74) is 0. The van der Waals surface area contributed by atoms with Crippen molar-refractivity contribution in [2.24, 2.45) is 5.92 Å². The van der Waals surface area contributed by atoms with Gasteiger partial charge in [0.25, 0.3) is 0 Å². The molecular weight excluding hydrogens is 240 g/mol. The van der Waals surface area contributed by atoms with Crippen molar-refractivity contribution in [3.05, 3.63) is 0 Å². The smallest absolute Gasteiger partial charge is 0.154 e. The van der Waals surface area contributed by atoms with Gasteiger partial charge < -0.3 is 15.3 Å². The van der Waals surface area contributed by atoms with Crippen LogP contribution in [-0.2, 0) is 9.84 Å². The van der Waals surface area contributed by atoms with E-state index in [9.17, 15) is 13.5 Å². The Morgan fingerprint density at radius 2 is 1.94 bits per heavy atom. The van der Waals surface area contributed by atoms with Gasteiger partial charge in [-0.2, -0.15) is 0 Å². The summed E-state index contributed by atoms with van der Waals surface area (Å²) < 4.78 is 22.8. The zero-order valence-electron chi connectivity index (χ0n) is 11.0. The largest absolute Gasteiger partial charge is 0.390 e. The average molecular weight is 264 g/mol. The summed E-state index contributed by atoms with van der Waals surface area (Å²) in [5.74, 6) is 0.329. The van der Waals surface area contributed by atoms with E-state index in [1.54, 1.807) is 0 Å². The Hall–Kier alpha value is -0.170. The van der Waals surface area contributed by atoms with Crippen molar-refractivity contribution in [1.29, 1.82) is 0 Å². The van der Waals surface area contributed by atoms with Crippen LogP contribution in [0.3, 0.4) is 0 Å². The van der Waals surface area contributed by atoms with E-state index in [1.165, 1.54) is 0 Å². The van der Waals surface area contributed by atoms with E-state index in [4.69, 9.17) is 0 Å². The van der Waals surface area contributed by atoms with E-state index < -0.39 is 15.9 Å². The summed E-state index contributed by atoms with van der Waals surface area (Å²) in [6.07, 6.45) is -0.775. The lowest BCUT2D eigenvalue weighted by atomic mass is 10.0. The molecular formula is C11H24N2O3S. The molecule has 17 heavy (non-hydrogen) atoms. The molecule has 1 heterocycles. The lowest BCUT2D eigenvalue weighted by Crippen LogP contribution is -2.51. The standard InChI is InChI=1S/C11H24N2O3S/c1-8(2)9(5-13(3)4)12-10-6-17(15,16)7-11(10)14/h8-12,14H,5-7H2,1-4H3. The molecule has 0 aromatic rings. The quantitative estimate of drug-likeness (QED) is 0.688. The van der Waals surface area contributed by atoms with Crippen molar-refractivity contribution in [3.63, 3.8) is 0 Å². The van der Waals surface area contributed by atoms with Gasteiger partial charge in [-0.15, -0.1) is 0 Å². The molecule has 2 N–H and O–H groups in total. The minimum atomic E-state index is -3.07. The third-order valence-corrected chi connectivity index (χ3v) is 4.83. The van der Waals surface area contributed by atoms with E-state index in [0.717, 1.165) is 6.54 Å². The van der Waals surface area contributed by atoms with Gasteiger partial charge in [-0.1, -0.05) is 13.8 Å². The molecule has 1 rings (SSSR count). The number of sulfone groups is 1. The number of nitrogens with zero attached hydrogens (tertiary/aromatic N) is 1. The molecule has 3 atom stereocenters. The summed E-state index contributed by atoms with van der Waals surface area (Å²) in [6, 6.07) is -0.134. The fraction of sp³-hybridized carbons (Fsp3) is 1.00. The summed E-state index contributed by atoms with van der Waals surface area (Å²) in [7, 11) is 0.899. The highest BCUT2D eigenvalue weighted by atomic mass is 32.2. The molecule has 0 spiro atoms. The molecule has 0 aromatic heterocycles. The van der Waals surface area contributed by atoms with Crippen LogP contribution in [0.5, 0.6) is 0 Å². The summed E-state index contributed by atoms with van der Waals surface area (Å²) in [5, 5.41) is 13.0. The first kappa shape index (κ1) is 14.9. The predicted octanol–water partition coefficient (Wildman–Crippen LogP) is -0.680. The van der Waals surface area contributed by atoms with Crippen LogP contribution in [0.15, 0.2) is 0 Å². The maximum absolute atomic E-state index is 11.4. The Kier molecular flexibility index (Phi) is 4.95. The molecule has 0 aliphatic carbocycles. The van der Waals surface area contributed by atoms with Crippen molar-refractivity contribution >= 4 is 9.84 Å². The Balaban J connectivity index is 2.62. The van der Waals surface area contributed by atoms with Crippen molar-refractivity contribution in [3.8, 4) is 0 Å². The van der Waals surface area contributed by atoms with Gasteiger partial charge in [-0.25, -0.2) is 8.42 Å². The molecule has 0 aromatic carbocycles. The second kappa shape index (κ2) is 5.65. The van der Waals surface area contributed by atoms with Crippen LogP contribution in [-0.4, -0.2) is 68.8 Å². The maximum Gasteiger partial charge on any atom is 0.154 e. The van der Waals surface area contributed by atoms with Crippen LogP contribution >= 0.6 is 0 Å². The van der Waals surface area contributed by atoms with Crippen LogP contribution in [0.1, 0.15) is 13.8 Å². The molecule has 1 saturated heterocycles. The summed E-state index contributed by atoms with van der Waals surface area (Å²) in [6.45, 7) is 5.02. The zero-order valence-corrected chi connectivity index (χ0v) is 11.9. The highest BCUT2D eigenvalue weighted by molar-refractivity contribution is 7.91. The molecule has 1 aliphatic rings. The number of likely N-dealkylation sites (N-methyl/N-ethyl adjacent to an activating group) is 1. The lowest BCUT2D eigenvalue weighted by Gasteiger charge is -2.29. The van der Waals surface area contributed by atoms with E-state index in [2.05, 4.69) is 24.1 Å². The van der Waals surface area contributed by atoms with Crippen molar-refractivity contribution in [2.75, 3.05) is 32.1 Å². The molecule has 0 amide bonds. The second-order valence-corrected chi connectivity index (χ2v) is 7.68. The Morgan fingerprint density at radius 1 is 1.35 bits per heavy atom. The van der Waals surface area contributed by atoms with E-state index in [0.29, 0.717) is 5.92 Å². The molecule has 102 valence electrons. The maximum atomic E-state index is 11.4.